The van der Waals surface area contributed by atoms with Crippen LogP contribution in [-0.4, -0.2) is 29.3 Å². The lowest BCUT2D eigenvalue weighted by atomic mass is 9.80. The van der Waals surface area contributed by atoms with Crippen molar-refractivity contribution < 1.29 is 14.3 Å². The molecule has 1 fully saturated rings. The molecule has 152 valence electrons. The Morgan fingerprint density at radius 2 is 1.94 bits per heavy atom. The second kappa shape index (κ2) is 5.18. The summed E-state index contributed by atoms with van der Waals surface area (Å²) in [6.45, 7) is 3.80. The van der Waals surface area contributed by atoms with Crippen LogP contribution < -0.4 is 5.32 Å². The maximum atomic E-state index is 13.2. The van der Waals surface area contributed by atoms with Crippen molar-refractivity contribution in [2.75, 3.05) is 13.2 Å². The van der Waals surface area contributed by atoms with Gasteiger partial charge in [0, 0.05) is 28.8 Å². The SMILES string of the molecule is C[C@@]12COC[C@@H](O1)n1c3ccccc3c3c4c(c5c(c31)[C@@H]2c1ccccc1-5)C(=O)NC4. The highest BCUT2D eigenvalue weighted by molar-refractivity contribution is 6.20. The average Bonchev–Trinajstić information content (AvgIpc) is 3.41. The standard InChI is InChI=1S/C26H20N2O3/c1-26-12-30-11-18(31-26)28-17-9-5-4-8-15(17)19-16-10-27-25(29)21(16)20-13-6-2-3-7-14(13)23(26)22(20)24(19)28/h2-9,18,23H,10-12H2,1H3,(H,27,29)/t18-,23+,26+/m1/s1. The van der Waals surface area contributed by atoms with E-state index >= 15 is 0 Å². The fourth-order valence-electron chi connectivity index (χ4n) is 6.69. The number of amides is 1. The molecule has 8 rings (SSSR count). The number of benzene rings is 3. The van der Waals surface area contributed by atoms with Gasteiger partial charge in [0.1, 0.15) is 5.60 Å². The lowest BCUT2D eigenvalue weighted by molar-refractivity contribution is -0.217. The first-order valence-electron chi connectivity index (χ1n) is 10.9. The van der Waals surface area contributed by atoms with Crippen LogP contribution in [0.1, 0.15) is 46.1 Å². The van der Waals surface area contributed by atoms with Gasteiger partial charge >= 0.3 is 0 Å². The molecule has 4 aromatic rings. The molecule has 3 atom stereocenters. The first-order valence-corrected chi connectivity index (χ1v) is 10.9. The van der Waals surface area contributed by atoms with E-state index in [0.717, 1.165) is 27.8 Å². The highest BCUT2D eigenvalue weighted by Crippen LogP contribution is 2.60. The molecule has 1 amide bonds. The summed E-state index contributed by atoms with van der Waals surface area (Å²) < 4.78 is 15.4. The Bertz CT molecular complexity index is 1500. The minimum atomic E-state index is -0.499. The van der Waals surface area contributed by atoms with Gasteiger partial charge in [-0.25, -0.2) is 0 Å². The van der Waals surface area contributed by atoms with Crippen LogP contribution in [0.5, 0.6) is 0 Å². The minimum absolute atomic E-state index is 0.0215. The van der Waals surface area contributed by atoms with E-state index in [4.69, 9.17) is 9.47 Å². The molecule has 3 aliphatic heterocycles. The van der Waals surface area contributed by atoms with Crippen LogP contribution in [0.25, 0.3) is 32.9 Å². The quantitative estimate of drug-likeness (QED) is 0.467. The molecular weight excluding hydrogens is 388 g/mol. The zero-order valence-electron chi connectivity index (χ0n) is 17.1. The van der Waals surface area contributed by atoms with Crippen LogP contribution in [0.4, 0.5) is 0 Å². The summed E-state index contributed by atoms with van der Waals surface area (Å²) in [4.78, 5) is 13.2. The predicted molar refractivity (Wildman–Crippen MR) is 117 cm³/mol. The number of carbonyl (C=O) groups is 1. The summed E-state index contributed by atoms with van der Waals surface area (Å²) >= 11 is 0. The predicted octanol–water partition coefficient (Wildman–Crippen LogP) is 4.47. The van der Waals surface area contributed by atoms with Gasteiger partial charge in [-0.15, -0.1) is 0 Å². The summed E-state index contributed by atoms with van der Waals surface area (Å²) in [5.74, 6) is 0.0539. The Morgan fingerprint density at radius 3 is 2.87 bits per heavy atom. The van der Waals surface area contributed by atoms with E-state index in [0.29, 0.717) is 19.8 Å². The number of fused-ring (bicyclic) bond motifs is 13. The van der Waals surface area contributed by atoms with Crippen LogP contribution in [0, 0.1) is 0 Å². The summed E-state index contributed by atoms with van der Waals surface area (Å²) in [6, 6.07) is 17.0. The Labute approximate surface area is 178 Å². The van der Waals surface area contributed by atoms with Crippen molar-refractivity contribution in [2.45, 2.75) is 31.2 Å². The first-order chi connectivity index (χ1) is 15.2. The van der Waals surface area contributed by atoms with Gasteiger partial charge in [0.25, 0.3) is 5.91 Å². The number of ether oxygens (including phenoxy) is 2. The molecule has 3 aromatic carbocycles. The fraction of sp³-hybridized carbons (Fsp3) is 0.269. The van der Waals surface area contributed by atoms with Gasteiger partial charge in [0.2, 0.25) is 0 Å². The number of aromatic nitrogens is 1. The zero-order valence-corrected chi connectivity index (χ0v) is 17.1. The van der Waals surface area contributed by atoms with Gasteiger partial charge in [0.15, 0.2) is 6.23 Å². The second-order valence-electron chi connectivity index (χ2n) is 9.36. The number of nitrogens with zero attached hydrogens (tertiary/aromatic N) is 1. The van der Waals surface area contributed by atoms with Crippen molar-refractivity contribution in [1.29, 1.82) is 0 Å². The molecule has 1 aromatic heterocycles. The molecule has 4 aliphatic rings. The van der Waals surface area contributed by atoms with E-state index in [2.05, 4.69) is 65.3 Å². The van der Waals surface area contributed by atoms with E-state index in [9.17, 15) is 4.79 Å². The zero-order chi connectivity index (χ0) is 20.5. The normalized spacial score (nSPS) is 27.3. The molecule has 0 unspecified atom stereocenters. The van der Waals surface area contributed by atoms with Gasteiger partial charge in [-0.05, 0) is 35.2 Å². The molecule has 1 N–H and O–H groups in total. The molecule has 0 radical (unpaired) electrons. The van der Waals surface area contributed by atoms with Gasteiger partial charge in [0.05, 0.1) is 29.8 Å². The maximum Gasteiger partial charge on any atom is 0.252 e. The Balaban J connectivity index is 1.70. The smallest absolute Gasteiger partial charge is 0.252 e. The van der Waals surface area contributed by atoms with Crippen LogP contribution >= 0.6 is 0 Å². The molecule has 31 heavy (non-hydrogen) atoms. The summed E-state index contributed by atoms with van der Waals surface area (Å²) in [5.41, 5.74) is 8.54. The third-order valence-corrected chi connectivity index (χ3v) is 7.72. The van der Waals surface area contributed by atoms with Gasteiger partial charge in [-0.2, -0.15) is 0 Å². The molecule has 0 saturated carbocycles. The van der Waals surface area contributed by atoms with Gasteiger partial charge in [-0.3, -0.25) is 4.79 Å². The van der Waals surface area contributed by atoms with Gasteiger partial charge < -0.3 is 19.4 Å². The molecule has 1 saturated heterocycles. The lowest BCUT2D eigenvalue weighted by Crippen LogP contribution is -2.46. The van der Waals surface area contributed by atoms with E-state index in [1.807, 2.05) is 0 Å². The van der Waals surface area contributed by atoms with Crippen LogP contribution in [0.2, 0.25) is 0 Å². The molecular formula is C26H20N2O3. The van der Waals surface area contributed by atoms with E-state index in [-0.39, 0.29) is 18.1 Å². The second-order valence-corrected chi connectivity index (χ2v) is 9.36. The third-order valence-electron chi connectivity index (χ3n) is 7.72. The van der Waals surface area contributed by atoms with Gasteiger partial charge in [-0.1, -0.05) is 42.5 Å². The van der Waals surface area contributed by atoms with Crippen molar-refractivity contribution in [3.8, 4) is 11.1 Å². The fourth-order valence-corrected chi connectivity index (χ4v) is 6.69. The van der Waals surface area contributed by atoms with Crippen molar-refractivity contribution in [3.05, 3.63) is 70.8 Å². The number of hydrogen-bond donors (Lipinski definition) is 1. The summed E-state index contributed by atoms with van der Waals surface area (Å²) in [6.07, 6.45) is -0.189. The molecule has 2 bridgehead atoms. The number of para-hydroxylation sites is 1. The number of rotatable bonds is 0. The largest absolute Gasteiger partial charge is 0.374 e. The average molecular weight is 408 g/mol. The minimum Gasteiger partial charge on any atom is -0.374 e. The number of hydrogen-bond acceptors (Lipinski definition) is 3. The van der Waals surface area contributed by atoms with Crippen molar-refractivity contribution in [1.82, 2.24) is 9.88 Å². The Morgan fingerprint density at radius 1 is 1.10 bits per heavy atom. The molecule has 0 spiro atoms. The summed E-state index contributed by atoms with van der Waals surface area (Å²) in [5, 5.41) is 5.49. The Kier molecular flexibility index (Phi) is 2.76. The van der Waals surface area contributed by atoms with E-state index < -0.39 is 5.60 Å². The first kappa shape index (κ1) is 16.5. The molecule has 5 nitrogen and oxygen atoms in total. The Hall–Kier alpha value is -3.15. The van der Waals surface area contributed by atoms with Crippen LogP contribution in [0.3, 0.4) is 0 Å². The third kappa shape index (κ3) is 1.73. The maximum absolute atomic E-state index is 13.2. The van der Waals surface area contributed by atoms with E-state index in [1.54, 1.807) is 0 Å². The lowest BCUT2D eigenvalue weighted by Gasteiger charge is -2.41. The topological polar surface area (TPSA) is 52.5 Å². The van der Waals surface area contributed by atoms with Crippen molar-refractivity contribution >= 4 is 27.7 Å². The van der Waals surface area contributed by atoms with Crippen molar-refractivity contribution in [3.63, 3.8) is 0 Å². The number of nitrogens with one attached hydrogen (secondary N) is 1. The monoisotopic (exact) mass is 408 g/mol. The number of carbonyl (C=O) groups excluding carboxylic acids is 1. The van der Waals surface area contributed by atoms with E-state index in [1.165, 1.54) is 27.4 Å². The molecule has 1 aliphatic carbocycles. The summed E-state index contributed by atoms with van der Waals surface area (Å²) in [7, 11) is 0. The highest BCUT2D eigenvalue weighted by atomic mass is 16.6. The highest BCUT2D eigenvalue weighted by Gasteiger charge is 2.52. The molecule has 5 heteroatoms. The van der Waals surface area contributed by atoms with Crippen LogP contribution in [-0.2, 0) is 16.0 Å². The van der Waals surface area contributed by atoms with Crippen molar-refractivity contribution in [2.24, 2.45) is 0 Å². The van der Waals surface area contributed by atoms with Crippen LogP contribution in [0.15, 0.2) is 48.5 Å². The molecule has 4 heterocycles.